The molecule has 0 fully saturated rings. The molecule has 0 aromatic carbocycles. The molecule has 2 aliphatic rings. The third kappa shape index (κ3) is 2.99. The lowest BCUT2D eigenvalue weighted by atomic mass is 9.82. The van der Waals surface area contributed by atoms with Crippen LogP contribution in [0.2, 0.25) is 0 Å². The number of fused-ring (bicyclic) bond motifs is 1. The fraction of sp³-hybridized carbons (Fsp3) is 0.438. The third-order valence-electron chi connectivity index (χ3n) is 4.40. The lowest BCUT2D eigenvalue weighted by Crippen LogP contribution is -2.42. The topological polar surface area (TPSA) is 93.0 Å². The quantitative estimate of drug-likeness (QED) is 0.902. The van der Waals surface area contributed by atoms with Gasteiger partial charge in [-0.2, -0.15) is 5.26 Å². The number of rotatable bonds is 3. The molecule has 1 amide bonds. The van der Waals surface area contributed by atoms with Crippen molar-refractivity contribution in [1.29, 1.82) is 5.26 Å². The molecule has 3 rings (SSSR count). The number of nitriles is 1. The molecule has 2 atom stereocenters. The summed E-state index contributed by atoms with van der Waals surface area (Å²) in [5.74, 6) is -3.34. The standard InChI is InChI=1S/C16H15ClN2O3S/c17-8-4-5-10(16(21)22)11(6-8)14(20)19-15-12(7-18)9-2-1-3-13(9)23-15/h4,10-11H,1-3,5-6H2,(H,19,20)(H,21,22)/p-1/t10-,11+/m1/s1. The van der Waals surface area contributed by atoms with E-state index in [1.54, 1.807) is 6.08 Å². The predicted molar refractivity (Wildman–Crippen MR) is 84.8 cm³/mol. The minimum absolute atomic E-state index is 0.180. The van der Waals surface area contributed by atoms with Gasteiger partial charge in [0.05, 0.1) is 11.5 Å². The first-order valence-corrected chi connectivity index (χ1v) is 8.61. The Bertz CT molecular complexity index is 747. The van der Waals surface area contributed by atoms with Crippen LogP contribution in [-0.2, 0) is 22.4 Å². The van der Waals surface area contributed by atoms with E-state index in [0.29, 0.717) is 15.6 Å². The van der Waals surface area contributed by atoms with E-state index in [4.69, 9.17) is 11.6 Å². The Morgan fingerprint density at radius 2 is 2.17 bits per heavy atom. The molecule has 1 aromatic heterocycles. The predicted octanol–water partition coefficient (Wildman–Crippen LogP) is 1.95. The highest BCUT2D eigenvalue weighted by Crippen LogP contribution is 2.39. The van der Waals surface area contributed by atoms with Gasteiger partial charge in [0.25, 0.3) is 0 Å². The van der Waals surface area contributed by atoms with Crippen molar-refractivity contribution >= 4 is 39.8 Å². The maximum absolute atomic E-state index is 12.5. The number of allylic oxidation sites excluding steroid dienone is 2. The van der Waals surface area contributed by atoms with Crippen LogP contribution in [0, 0.1) is 23.2 Å². The monoisotopic (exact) mass is 349 g/mol. The summed E-state index contributed by atoms with van der Waals surface area (Å²) in [5.41, 5.74) is 1.53. The van der Waals surface area contributed by atoms with Crippen LogP contribution >= 0.6 is 22.9 Å². The minimum Gasteiger partial charge on any atom is -0.550 e. The third-order valence-corrected chi connectivity index (χ3v) is 5.92. The Kier molecular flexibility index (Phi) is 4.42. The van der Waals surface area contributed by atoms with Crippen molar-refractivity contribution in [2.75, 3.05) is 5.32 Å². The van der Waals surface area contributed by atoms with Crippen LogP contribution in [0.5, 0.6) is 0 Å². The molecule has 5 nitrogen and oxygen atoms in total. The molecule has 1 heterocycles. The molecule has 0 saturated carbocycles. The van der Waals surface area contributed by atoms with Crippen LogP contribution in [-0.4, -0.2) is 11.9 Å². The van der Waals surface area contributed by atoms with Gasteiger partial charge in [-0.1, -0.05) is 17.7 Å². The Morgan fingerprint density at radius 3 is 2.87 bits per heavy atom. The Hall–Kier alpha value is -1.84. The van der Waals surface area contributed by atoms with Gasteiger partial charge in [0.15, 0.2) is 0 Å². The number of hydrogen-bond donors (Lipinski definition) is 1. The van der Waals surface area contributed by atoms with Crippen molar-refractivity contribution in [2.24, 2.45) is 11.8 Å². The van der Waals surface area contributed by atoms with Gasteiger partial charge in [-0.15, -0.1) is 11.3 Å². The molecule has 2 aliphatic carbocycles. The Labute approximate surface area is 142 Å². The van der Waals surface area contributed by atoms with Crippen LogP contribution in [0.4, 0.5) is 5.00 Å². The number of carboxylic acids is 1. The smallest absolute Gasteiger partial charge is 0.229 e. The number of carbonyl (C=O) groups is 2. The maximum atomic E-state index is 12.5. The summed E-state index contributed by atoms with van der Waals surface area (Å²) < 4.78 is 0. The SMILES string of the molecule is N#Cc1c(NC(=O)[C@H]2CC(Cl)=CC[C@H]2C(=O)[O-])sc2c1CCC2. The van der Waals surface area contributed by atoms with Crippen LogP contribution in [0.3, 0.4) is 0 Å². The number of nitrogens with one attached hydrogen (secondary N) is 1. The number of anilines is 1. The number of amides is 1. The second kappa shape index (κ2) is 6.34. The molecule has 0 spiro atoms. The van der Waals surface area contributed by atoms with Gasteiger partial charge in [-0.25, -0.2) is 0 Å². The van der Waals surface area contributed by atoms with Gasteiger partial charge < -0.3 is 15.2 Å². The summed E-state index contributed by atoms with van der Waals surface area (Å²) in [6.45, 7) is 0. The van der Waals surface area contributed by atoms with Gasteiger partial charge in [0.2, 0.25) is 5.91 Å². The van der Waals surface area contributed by atoms with Crippen molar-refractivity contribution in [2.45, 2.75) is 32.1 Å². The van der Waals surface area contributed by atoms with Crippen molar-refractivity contribution in [3.05, 3.63) is 27.1 Å². The Morgan fingerprint density at radius 1 is 1.39 bits per heavy atom. The number of carboxylic acid groups (broad SMARTS) is 1. The van der Waals surface area contributed by atoms with Crippen LogP contribution in [0.25, 0.3) is 0 Å². The Balaban J connectivity index is 1.83. The van der Waals surface area contributed by atoms with E-state index in [2.05, 4.69) is 11.4 Å². The minimum atomic E-state index is -1.25. The molecular formula is C16H14ClN2O3S-. The normalized spacial score (nSPS) is 22.9. The number of hydrogen-bond acceptors (Lipinski definition) is 5. The summed E-state index contributed by atoms with van der Waals surface area (Å²) in [4.78, 5) is 24.9. The molecular weight excluding hydrogens is 336 g/mol. The lowest BCUT2D eigenvalue weighted by molar-refractivity contribution is -0.313. The second-order valence-electron chi connectivity index (χ2n) is 5.79. The zero-order valence-corrected chi connectivity index (χ0v) is 13.8. The summed E-state index contributed by atoms with van der Waals surface area (Å²) in [7, 11) is 0. The van der Waals surface area contributed by atoms with Gasteiger partial charge in [0, 0.05) is 21.8 Å². The van der Waals surface area contributed by atoms with Crippen molar-refractivity contribution in [3.8, 4) is 6.07 Å². The number of thiophene rings is 1. The molecule has 0 saturated heterocycles. The van der Waals surface area contributed by atoms with Gasteiger partial charge in [-0.05, 0) is 37.7 Å². The molecule has 0 aliphatic heterocycles. The van der Waals surface area contributed by atoms with Crippen LogP contribution in [0.15, 0.2) is 11.1 Å². The zero-order valence-electron chi connectivity index (χ0n) is 12.2. The average Bonchev–Trinajstić information content (AvgIpc) is 3.07. The zero-order chi connectivity index (χ0) is 16.6. The average molecular weight is 350 g/mol. The van der Waals surface area contributed by atoms with Crippen LogP contribution in [0.1, 0.15) is 35.3 Å². The molecule has 1 N–H and O–H groups in total. The van der Waals surface area contributed by atoms with Gasteiger partial charge >= 0.3 is 0 Å². The molecule has 23 heavy (non-hydrogen) atoms. The van der Waals surface area contributed by atoms with E-state index in [9.17, 15) is 20.0 Å². The van der Waals surface area contributed by atoms with Gasteiger partial charge in [-0.3, -0.25) is 4.79 Å². The first kappa shape index (κ1) is 16.0. The lowest BCUT2D eigenvalue weighted by Gasteiger charge is -2.29. The molecule has 0 bridgehead atoms. The maximum Gasteiger partial charge on any atom is 0.229 e. The molecule has 120 valence electrons. The largest absolute Gasteiger partial charge is 0.550 e. The number of aryl methyl sites for hydroxylation is 1. The first-order valence-electron chi connectivity index (χ1n) is 7.42. The van der Waals surface area contributed by atoms with Crippen molar-refractivity contribution in [1.82, 2.24) is 0 Å². The number of nitrogens with zero attached hydrogens (tertiary/aromatic N) is 1. The van der Waals surface area contributed by atoms with Gasteiger partial charge in [0.1, 0.15) is 11.1 Å². The summed E-state index contributed by atoms with van der Waals surface area (Å²) in [5, 5.41) is 24.3. The van der Waals surface area contributed by atoms with Crippen molar-refractivity contribution < 1.29 is 14.7 Å². The second-order valence-corrected chi connectivity index (χ2v) is 7.38. The van der Waals surface area contributed by atoms with Crippen molar-refractivity contribution in [3.63, 3.8) is 0 Å². The van der Waals surface area contributed by atoms with E-state index in [1.807, 2.05) is 0 Å². The summed E-state index contributed by atoms with van der Waals surface area (Å²) >= 11 is 7.38. The highest BCUT2D eigenvalue weighted by atomic mass is 35.5. The number of halogens is 1. The van der Waals surface area contributed by atoms with E-state index in [1.165, 1.54) is 11.3 Å². The number of aliphatic carboxylic acids is 1. The van der Waals surface area contributed by atoms with E-state index in [-0.39, 0.29) is 12.8 Å². The molecule has 1 aromatic rings. The fourth-order valence-electron chi connectivity index (χ4n) is 3.21. The van der Waals surface area contributed by atoms with E-state index in [0.717, 1.165) is 29.7 Å². The molecule has 0 unspecified atom stereocenters. The molecule has 7 heteroatoms. The summed E-state index contributed by atoms with van der Waals surface area (Å²) in [6.07, 6.45) is 4.78. The molecule has 0 radical (unpaired) electrons. The van der Waals surface area contributed by atoms with Crippen LogP contribution < -0.4 is 10.4 Å². The number of carbonyl (C=O) groups excluding carboxylic acids is 2. The fourth-order valence-corrected chi connectivity index (χ4v) is 4.70. The summed E-state index contributed by atoms with van der Waals surface area (Å²) in [6, 6.07) is 2.16. The highest BCUT2D eigenvalue weighted by Gasteiger charge is 2.33. The van der Waals surface area contributed by atoms with E-state index < -0.39 is 23.7 Å². The van der Waals surface area contributed by atoms with E-state index >= 15 is 0 Å². The first-order chi connectivity index (χ1) is 11.0. The highest BCUT2D eigenvalue weighted by molar-refractivity contribution is 7.16.